The fourth-order valence-electron chi connectivity index (χ4n) is 3.44. The van der Waals surface area contributed by atoms with Crippen LogP contribution in [-0.4, -0.2) is 19.6 Å². The van der Waals surface area contributed by atoms with Crippen LogP contribution >= 0.6 is 0 Å². The van der Waals surface area contributed by atoms with Crippen LogP contribution in [0.3, 0.4) is 0 Å². The molecule has 2 aliphatic rings. The van der Waals surface area contributed by atoms with Crippen molar-refractivity contribution in [3.8, 4) is 0 Å². The lowest BCUT2D eigenvalue weighted by Crippen LogP contribution is -2.46. The molecular weight excluding hydrogens is 232 g/mol. The number of fused-ring (bicyclic) bond motifs is 5. The van der Waals surface area contributed by atoms with E-state index in [1.165, 1.54) is 22.4 Å². The zero-order valence-corrected chi connectivity index (χ0v) is 11.0. The largest absolute Gasteiger partial charge is 0.362 e. The molecule has 0 amide bonds. The molecule has 2 aliphatic heterocycles. The second kappa shape index (κ2) is 4.39. The van der Waals surface area contributed by atoms with Crippen LogP contribution in [0.4, 0.5) is 5.69 Å². The molecule has 96 valence electrons. The predicted molar refractivity (Wildman–Crippen MR) is 78.6 cm³/mol. The van der Waals surface area contributed by atoms with E-state index in [4.69, 9.17) is 0 Å². The van der Waals surface area contributed by atoms with Gasteiger partial charge in [-0.15, -0.1) is 0 Å². The number of hydrogen-bond acceptors (Lipinski definition) is 2. The molecule has 1 atom stereocenters. The van der Waals surface area contributed by atoms with Crippen molar-refractivity contribution in [2.75, 3.05) is 24.5 Å². The monoisotopic (exact) mass is 250 g/mol. The van der Waals surface area contributed by atoms with Gasteiger partial charge >= 0.3 is 0 Å². The number of para-hydroxylation sites is 1. The lowest BCUT2D eigenvalue weighted by Gasteiger charge is -2.38. The minimum atomic E-state index is 0.480. The first kappa shape index (κ1) is 11.1. The van der Waals surface area contributed by atoms with Crippen molar-refractivity contribution in [3.63, 3.8) is 0 Å². The van der Waals surface area contributed by atoms with E-state index in [1.54, 1.807) is 0 Å². The van der Waals surface area contributed by atoms with Crippen molar-refractivity contribution in [1.29, 1.82) is 0 Å². The van der Waals surface area contributed by atoms with E-state index in [0.717, 1.165) is 26.1 Å². The molecule has 2 heteroatoms. The quantitative estimate of drug-likeness (QED) is 0.773. The van der Waals surface area contributed by atoms with Crippen LogP contribution in [-0.2, 0) is 6.42 Å². The maximum absolute atomic E-state index is 3.54. The second-order valence-electron chi connectivity index (χ2n) is 5.42. The van der Waals surface area contributed by atoms with E-state index in [9.17, 15) is 0 Å². The summed E-state index contributed by atoms with van der Waals surface area (Å²) in [5, 5.41) is 3.54. The van der Waals surface area contributed by atoms with E-state index in [2.05, 4.69) is 58.7 Å². The Morgan fingerprint density at radius 2 is 1.74 bits per heavy atom. The van der Waals surface area contributed by atoms with Crippen molar-refractivity contribution in [1.82, 2.24) is 5.32 Å². The van der Waals surface area contributed by atoms with Gasteiger partial charge in [-0.25, -0.2) is 0 Å². The Morgan fingerprint density at radius 1 is 0.947 bits per heavy atom. The molecule has 0 radical (unpaired) electrons. The SMILES string of the molecule is c1ccc2c(c1)Cc1ccccc1N1CCNC[C@H]21. The first-order valence-corrected chi connectivity index (χ1v) is 7.06. The third-order valence-electron chi connectivity index (χ3n) is 4.34. The summed E-state index contributed by atoms with van der Waals surface area (Å²) in [6, 6.07) is 18.3. The summed E-state index contributed by atoms with van der Waals surface area (Å²) in [7, 11) is 0. The molecule has 0 aromatic heterocycles. The minimum absolute atomic E-state index is 0.480. The van der Waals surface area contributed by atoms with Gasteiger partial charge in [0.1, 0.15) is 0 Å². The molecule has 0 saturated carbocycles. The molecule has 4 rings (SSSR count). The maximum atomic E-state index is 3.54. The van der Waals surface area contributed by atoms with Crippen molar-refractivity contribution >= 4 is 5.69 Å². The van der Waals surface area contributed by atoms with Crippen molar-refractivity contribution in [2.24, 2.45) is 0 Å². The molecule has 0 unspecified atom stereocenters. The molecule has 0 bridgehead atoms. The Bertz CT molecular complexity index is 552. The molecule has 1 fully saturated rings. The number of nitrogens with one attached hydrogen (secondary N) is 1. The van der Waals surface area contributed by atoms with Crippen LogP contribution < -0.4 is 10.2 Å². The standard InChI is InChI=1S/C17H18N2/c1-3-7-15-13(5-1)11-14-6-2-4-8-16(14)19-10-9-18-12-17(15)19/h1-8,17-18H,9-12H2/t17-/m1/s1. The van der Waals surface area contributed by atoms with Crippen molar-refractivity contribution in [2.45, 2.75) is 12.5 Å². The number of piperazine rings is 1. The van der Waals surface area contributed by atoms with Gasteiger partial charge in [0.25, 0.3) is 0 Å². The number of hydrogen-bond donors (Lipinski definition) is 1. The van der Waals surface area contributed by atoms with Gasteiger partial charge in [-0.1, -0.05) is 42.5 Å². The average Bonchev–Trinajstić information content (AvgIpc) is 2.62. The van der Waals surface area contributed by atoms with Crippen LogP contribution in [0, 0.1) is 0 Å². The number of anilines is 1. The van der Waals surface area contributed by atoms with E-state index in [0.29, 0.717) is 6.04 Å². The van der Waals surface area contributed by atoms with Gasteiger partial charge in [-0.3, -0.25) is 0 Å². The van der Waals surface area contributed by atoms with Gasteiger partial charge in [0.2, 0.25) is 0 Å². The van der Waals surface area contributed by atoms with Crippen LogP contribution in [0.2, 0.25) is 0 Å². The zero-order valence-electron chi connectivity index (χ0n) is 11.0. The van der Waals surface area contributed by atoms with Gasteiger partial charge < -0.3 is 10.2 Å². The number of rotatable bonds is 0. The topological polar surface area (TPSA) is 15.3 Å². The normalized spacial score (nSPS) is 21.1. The minimum Gasteiger partial charge on any atom is -0.362 e. The highest BCUT2D eigenvalue weighted by Crippen LogP contribution is 2.37. The Balaban J connectivity index is 1.92. The summed E-state index contributed by atoms with van der Waals surface area (Å²) < 4.78 is 0. The molecule has 1 saturated heterocycles. The summed E-state index contributed by atoms with van der Waals surface area (Å²) in [6.07, 6.45) is 1.05. The molecule has 19 heavy (non-hydrogen) atoms. The van der Waals surface area contributed by atoms with Crippen LogP contribution in [0.5, 0.6) is 0 Å². The Kier molecular flexibility index (Phi) is 2.56. The van der Waals surface area contributed by atoms with Gasteiger partial charge in [0.15, 0.2) is 0 Å². The van der Waals surface area contributed by atoms with Crippen molar-refractivity contribution in [3.05, 3.63) is 65.2 Å². The summed E-state index contributed by atoms with van der Waals surface area (Å²) in [5.41, 5.74) is 5.85. The molecule has 2 aromatic rings. The van der Waals surface area contributed by atoms with E-state index >= 15 is 0 Å². The van der Waals surface area contributed by atoms with Gasteiger partial charge in [0, 0.05) is 25.3 Å². The summed E-state index contributed by atoms with van der Waals surface area (Å²) in [5.74, 6) is 0. The van der Waals surface area contributed by atoms with E-state index < -0.39 is 0 Å². The first-order chi connectivity index (χ1) is 9.43. The summed E-state index contributed by atoms with van der Waals surface area (Å²) in [6.45, 7) is 3.22. The lowest BCUT2D eigenvalue weighted by molar-refractivity contribution is 0.490. The lowest BCUT2D eigenvalue weighted by atomic mass is 9.96. The first-order valence-electron chi connectivity index (χ1n) is 7.06. The third kappa shape index (κ3) is 1.75. The molecule has 2 heterocycles. The molecule has 1 N–H and O–H groups in total. The van der Waals surface area contributed by atoms with Gasteiger partial charge in [-0.2, -0.15) is 0 Å². The summed E-state index contributed by atoms with van der Waals surface area (Å²) in [4.78, 5) is 2.58. The summed E-state index contributed by atoms with van der Waals surface area (Å²) >= 11 is 0. The van der Waals surface area contributed by atoms with Crippen LogP contribution in [0.25, 0.3) is 0 Å². The fourth-order valence-corrected chi connectivity index (χ4v) is 3.44. The van der Waals surface area contributed by atoms with Gasteiger partial charge in [-0.05, 0) is 29.2 Å². The third-order valence-corrected chi connectivity index (χ3v) is 4.34. The Morgan fingerprint density at radius 3 is 2.68 bits per heavy atom. The highest BCUT2D eigenvalue weighted by Gasteiger charge is 2.29. The Hall–Kier alpha value is -1.80. The van der Waals surface area contributed by atoms with Gasteiger partial charge in [0.05, 0.1) is 6.04 Å². The molecule has 2 nitrogen and oxygen atoms in total. The Labute approximate surface area is 114 Å². The number of nitrogens with zero attached hydrogens (tertiary/aromatic N) is 1. The second-order valence-corrected chi connectivity index (χ2v) is 5.42. The fraction of sp³-hybridized carbons (Fsp3) is 0.294. The maximum Gasteiger partial charge on any atom is 0.0670 e. The molecule has 2 aromatic carbocycles. The van der Waals surface area contributed by atoms with Crippen molar-refractivity contribution < 1.29 is 0 Å². The predicted octanol–water partition coefficient (Wildman–Crippen LogP) is 2.74. The van der Waals surface area contributed by atoms with E-state index in [-0.39, 0.29) is 0 Å². The molecular formula is C17H18N2. The zero-order chi connectivity index (χ0) is 12.7. The molecule has 0 aliphatic carbocycles. The highest BCUT2D eigenvalue weighted by atomic mass is 15.2. The number of benzene rings is 2. The van der Waals surface area contributed by atoms with Crippen LogP contribution in [0.15, 0.2) is 48.5 Å². The average molecular weight is 250 g/mol. The van der Waals surface area contributed by atoms with Crippen LogP contribution in [0.1, 0.15) is 22.7 Å². The van der Waals surface area contributed by atoms with E-state index in [1.807, 2.05) is 0 Å². The highest BCUT2D eigenvalue weighted by molar-refractivity contribution is 5.60. The smallest absolute Gasteiger partial charge is 0.0670 e. The molecule has 0 spiro atoms.